The third kappa shape index (κ3) is 5.02. The Labute approximate surface area is 193 Å². The molecular weight excluding hydrogens is 418 g/mol. The van der Waals surface area contributed by atoms with Crippen LogP contribution in [0.4, 0.5) is 4.79 Å². The Morgan fingerprint density at radius 2 is 1.78 bits per heavy atom. The van der Waals surface area contributed by atoms with E-state index in [0.29, 0.717) is 19.6 Å². The second-order valence-corrected chi connectivity index (χ2v) is 9.02. The highest BCUT2D eigenvalue weighted by Crippen LogP contribution is 2.37. The van der Waals surface area contributed by atoms with Crippen LogP contribution in [0.25, 0.3) is 0 Å². The molecule has 5 nitrogen and oxygen atoms in total. The van der Waals surface area contributed by atoms with E-state index in [-0.39, 0.29) is 24.5 Å². The average Bonchev–Trinajstić information content (AvgIpc) is 3.31. The van der Waals surface area contributed by atoms with Crippen molar-refractivity contribution in [2.75, 3.05) is 19.6 Å². The van der Waals surface area contributed by atoms with Gasteiger partial charge in [-0.05, 0) is 41.0 Å². The maximum Gasteiger partial charge on any atom is 0.318 e. The lowest BCUT2D eigenvalue weighted by Crippen LogP contribution is -2.49. The minimum Gasteiger partial charge on any atom is -0.334 e. The lowest BCUT2D eigenvalue weighted by Gasteiger charge is -2.37. The number of benzene rings is 2. The van der Waals surface area contributed by atoms with Crippen LogP contribution in [-0.4, -0.2) is 41.4 Å². The number of thiophene rings is 1. The summed E-state index contributed by atoms with van der Waals surface area (Å²) < 4.78 is 0. The molecule has 0 bridgehead atoms. The van der Waals surface area contributed by atoms with Crippen molar-refractivity contribution >= 4 is 23.3 Å². The smallest absolute Gasteiger partial charge is 0.318 e. The fraction of sp³-hybridized carbons (Fsp3) is 0.308. The van der Waals surface area contributed by atoms with Crippen molar-refractivity contribution < 1.29 is 9.59 Å². The van der Waals surface area contributed by atoms with Crippen molar-refractivity contribution in [3.05, 3.63) is 93.7 Å². The molecule has 1 aliphatic rings. The summed E-state index contributed by atoms with van der Waals surface area (Å²) in [7, 11) is 0. The fourth-order valence-electron chi connectivity index (χ4n) is 4.24. The summed E-state index contributed by atoms with van der Waals surface area (Å²) in [6.07, 6.45) is 1.65. The lowest BCUT2D eigenvalue weighted by molar-refractivity contribution is -0.133. The van der Waals surface area contributed by atoms with E-state index in [9.17, 15) is 9.59 Å². The Bertz CT molecular complexity index is 1040. The van der Waals surface area contributed by atoms with Crippen LogP contribution >= 0.6 is 11.3 Å². The first-order valence-electron chi connectivity index (χ1n) is 11.1. The molecule has 2 aromatic carbocycles. The van der Waals surface area contributed by atoms with Gasteiger partial charge in [0.2, 0.25) is 5.91 Å². The first-order valence-corrected chi connectivity index (χ1v) is 12.0. The first-order chi connectivity index (χ1) is 15.7. The fourth-order valence-corrected chi connectivity index (χ4v) is 5.15. The Kier molecular flexibility index (Phi) is 7.22. The molecule has 0 saturated heterocycles. The van der Waals surface area contributed by atoms with Crippen molar-refractivity contribution in [2.45, 2.75) is 32.4 Å². The monoisotopic (exact) mass is 447 g/mol. The molecule has 0 radical (unpaired) electrons. The second kappa shape index (κ2) is 10.5. The van der Waals surface area contributed by atoms with Crippen LogP contribution < -0.4 is 5.32 Å². The van der Waals surface area contributed by atoms with Crippen LogP contribution in [0.2, 0.25) is 0 Å². The molecule has 1 N–H and O–H groups in total. The van der Waals surface area contributed by atoms with Crippen LogP contribution in [-0.2, 0) is 17.8 Å². The van der Waals surface area contributed by atoms with E-state index in [1.807, 2.05) is 60.4 Å². The molecule has 3 amide bonds. The van der Waals surface area contributed by atoms with Crippen LogP contribution in [0.5, 0.6) is 0 Å². The van der Waals surface area contributed by atoms with Crippen LogP contribution in [0, 0.1) is 0 Å². The highest BCUT2D eigenvalue weighted by Gasteiger charge is 2.33. The van der Waals surface area contributed by atoms with Gasteiger partial charge in [-0.3, -0.25) is 4.79 Å². The largest absolute Gasteiger partial charge is 0.334 e. The molecule has 0 fully saturated rings. The Morgan fingerprint density at radius 3 is 2.50 bits per heavy atom. The second-order valence-electron chi connectivity index (χ2n) is 8.02. The quantitative estimate of drug-likeness (QED) is 0.563. The third-order valence-electron chi connectivity index (χ3n) is 5.79. The van der Waals surface area contributed by atoms with Crippen LogP contribution in [0.1, 0.15) is 41.0 Å². The molecule has 2 heterocycles. The standard InChI is InChI=1S/C26H29N3O2S/c1-2-15-28(26(31)27-18-20-9-5-3-6-10-20)19-24(30)29-16-13-23-22(14-17-32-23)25(29)21-11-7-4-8-12-21/h3-12,14,17,25H,2,13,15-16,18-19H2,1H3,(H,27,31). The van der Waals surface area contributed by atoms with Crippen molar-refractivity contribution in [1.82, 2.24) is 15.1 Å². The highest BCUT2D eigenvalue weighted by atomic mass is 32.1. The molecule has 32 heavy (non-hydrogen) atoms. The molecule has 1 atom stereocenters. The third-order valence-corrected chi connectivity index (χ3v) is 6.79. The van der Waals surface area contributed by atoms with Crippen LogP contribution in [0.3, 0.4) is 0 Å². The van der Waals surface area contributed by atoms with E-state index in [1.54, 1.807) is 16.2 Å². The van der Waals surface area contributed by atoms with Crippen molar-refractivity contribution in [3.8, 4) is 0 Å². The minimum absolute atomic E-state index is 0.0148. The molecule has 3 aromatic rings. The van der Waals surface area contributed by atoms with Gasteiger partial charge in [0, 0.05) is 24.5 Å². The van der Waals surface area contributed by atoms with Gasteiger partial charge in [-0.2, -0.15) is 0 Å². The van der Waals surface area contributed by atoms with Gasteiger partial charge in [0.05, 0.1) is 6.04 Å². The molecular formula is C26H29N3O2S. The van der Waals surface area contributed by atoms with Gasteiger partial charge in [0.1, 0.15) is 6.54 Å². The number of hydrogen-bond acceptors (Lipinski definition) is 3. The topological polar surface area (TPSA) is 52.7 Å². The number of nitrogens with zero attached hydrogens (tertiary/aromatic N) is 2. The zero-order valence-electron chi connectivity index (χ0n) is 18.4. The van der Waals surface area contributed by atoms with Gasteiger partial charge in [-0.15, -0.1) is 11.3 Å². The summed E-state index contributed by atoms with van der Waals surface area (Å²) in [6.45, 7) is 3.75. The number of nitrogens with one attached hydrogen (secondary N) is 1. The van der Waals surface area contributed by atoms with E-state index in [0.717, 1.165) is 24.0 Å². The highest BCUT2D eigenvalue weighted by molar-refractivity contribution is 7.10. The van der Waals surface area contributed by atoms with Crippen molar-refractivity contribution in [2.24, 2.45) is 0 Å². The van der Waals surface area contributed by atoms with E-state index in [2.05, 4.69) is 28.9 Å². The summed E-state index contributed by atoms with van der Waals surface area (Å²) in [5.41, 5.74) is 3.35. The van der Waals surface area contributed by atoms with Crippen molar-refractivity contribution in [3.63, 3.8) is 0 Å². The van der Waals surface area contributed by atoms with Gasteiger partial charge >= 0.3 is 6.03 Å². The van der Waals surface area contributed by atoms with Gasteiger partial charge < -0.3 is 15.1 Å². The summed E-state index contributed by atoms with van der Waals surface area (Å²) >= 11 is 1.76. The normalized spacial score (nSPS) is 15.2. The molecule has 166 valence electrons. The van der Waals surface area contributed by atoms with E-state index >= 15 is 0 Å². The Hall–Kier alpha value is -3.12. The van der Waals surface area contributed by atoms with Gasteiger partial charge in [0.25, 0.3) is 0 Å². The summed E-state index contributed by atoms with van der Waals surface area (Å²) in [5.74, 6) is -0.0148. The first kappa shape index (κ1) is 22.1. The van der Waals surface area contributed by atoms with E-state index in [1.165, 1.54) is 10.4 Å². The minimum atomic E-state index is -0.200. The maximum absolute atomic E-state index is 13.5. The zero-order chi connectivity index (χ0) is 22.3. The number of carbonyl (C=O) groups is 2. The van der Waals surface area contributed by atoms with Gasteiger partial charge in [0.15, 0.2) is 0 Å². The molecule has 1 aromatic heterocycles. The molecule has 0 aliphatic carbocycles. The number of hydrogen-bond donors (Lipinski definition) is 1. The Morgan fingerprint density at radius 1 is 1.06 bits per heavy atom. The molecule has 0 saturated carbocycles. The molecule has 1 aliphatic heterocycles. The summed E-state index contributed by atoms with van der Waals surface area (Å²) in [5, 5.41) is 5.07. The zero-order valence-corrected chi connectivity index (χ0v) is 19.2. The Balaban J connectivity index is 1.49. The molecule has 6 heteroatoms. The number of rotatable bonds is 7. The number of fused-ring (bicyclic) bond motifs is 1. The average molecular weight is 448 g/mol. The number of amides is 3. The lowest BCUT2D eigenvalue weighted by atomic mass is 9.93. The number of urea groups is 1. The predicted octanol–water partition coefficient (Wildman–Crippen LogP) is 4.84. The van der Waals surface area contributed by atoms with Crippen LogP contribution in [0.15, 0.2) is 72.1 Å². The SMILES string of the molecule is CCCN(CC(=O)N1CCc2sccc2C1c1ccccc1)C(=O)NCc1ccccc1. The van der Waals surface area contributed by atoms with E-state index < -0.39 is 0 Å². The predicted molar refractivity (Wildman–Crippen MR) is 129 cm³/mol. The van der Waals surface area contributed by atoms with Crippen molar-refractivity contribution in [1.29, 1.82) is 0 Å². The van der Waals surface area contributed by atoms with E-state index in [4.69, 9.17) is 0 Å². The van der Waals surface area contributed by atoms with Gasteiger partial charge in [-0.25, -0.2) is 4.79 Å². The molecule has 0 spiro atoms. The number of carbonyl (C=O) groups excluding carboxylic acids is 2. The molecule has 4 rings (SSSR count). The van der Waals surface area contributed by atoms with Gasteiger partial charge in [-0.1, -0.05) is 67.6 Å². The summed E-state index contributed by atoms with van der Waals surface area (Å²) in [4.78, 5) is 31.3. The molecule has 1 unspecified atom stereocenters. The maximum atomic E-state index is 13.5. The summed E-state index contributed by atoms with van der Waals surface area (Å²) in [6, 6.07) is 21.8.